The fraction of sp³-hybridized carbons (Fsp3) is 0.588. The van der Waals surface area contributed by atoms with Crippen molar-refractivity contribution in [2.45, 2.75) is 56.4 Å². The number of carbonyl (C=O) groups excluding carboxylic acids is 1. The smallest absolute Gasteiger partial charge is 0.338 e. The normalized spacial score (nSPS) is 17.0. The SMILES string of the molecule is CCOC(=O)c1ccc(S(=O)(=O)N(C)C2CCCCCC2)cc1. The van der Waals surface area contributed by atoms with E-state index in [0.29, 0.717) is 12.2 Å². The molecule has 1 fully saturated rings. The van der Waals surface area contributed by atoms with Crippen molar-refractivity contribution < 1.29 is 17.9 Å². The van der Waals surface area contributed by atoms with Gasteiger partial charge in [0.15, 0.2) is 0 Å². The summed E-state index contributed by atoms with van der Waals surface area (Å²) in [5.74, 6) is -0.437. The highest BCUT2D eigenvalue weighted by Gasteiger charge is 2.28. The number of nitrogens with zero attached hydrogens (tertiary/aromatic N) is 1. The lowest BCUT2D eigenvalue weighted by atomic mass is 10.1. The van der Waals surface area contributed by atoms with E-state index in [-0.39, 0.29) is 10.9 Å². The Morgan fingerprint density at radius 2 is 1.70 bits per heavy atom. The monoisotopic (exact) mass is 339 g/mol. The predicted octanol–water partition coefficient (Wildman–Crippen LogP) is 3.21. The molecular formula is C17H25NO4S. The molecule has 0 saturated heterocycles. The zero-order valence-corrected chi connectivity index (χ0v) is 14.6. The maximum atomic E-state index is 12.8. The average molecular weight is 339 g/mol. The van der Waals surface area contributed by atoms with Crippen LogP contribution in [0, 0.1) is 0 Å². The van der Waals surface area contributed by atoms with Crippen molar-refractivity contribution in [1.82, 2.24) is 4.31 Å². The highest BCUT2D eigenvalue weighted by molar-refractivity contribution is 7.89. The second-order valence-electron chi connectivity index (χ2n) is 5.91. The molecule has 6 heteroatoms. The van der Waals surface area contributed by atoms with Crippen LogP contribution in [0.2, 0.25) is 0 Å². The topological polar surface area (TPSA) is 63.7 Å². The summed E-state index contributed by atoms with van der Waals surface area (Å²) in [7, 11) is -1.87. The van der Waals surface area contributed by atoms with Crippen LogP contribution >= 0.6 is 0 Å². The second kappa shape index (κ2) is 7.93. The minimum atomic E-state index is -3.53. The van der Waals surface area contributed by atoms with E-state index in [9.17, 15) is 13.2 Å². The Morgan fingerprint density at radius 3 is 2.22 bits per heavy atom. The molecule has 0 aliphatic heterocycles. The average Bonchev–Trinajstić information content (AvgIpc) is 2.83. The van der Waals surface area contributed by atoms with Gasteiger partial charge in [0.25, 0.3) is 0 Å². The summed E-state index contributed by atoms with van der Waals surface area (Å²) in [6.07, 6.45) is 6.34. The number of hydrogen-bond acceptors (Lipinski definition) is 4. The Balaban J connectivity index is 2.16. The van der Waals surface area contributed by atoms with Gasteiger partial charge in [-0.15, -0.1) is 0 Å². The van der Waals surface area contributed by atoms with Crippen LogP contribution in [0.3, 0.4) is 0 Å². The third kappa shape index (κ3) is 4.32. The van der Waals surface area contributed by atoms with E-state index in [2.05, 4.69) is 0 Å². The third-order valence-corrected chi connectivity index (χ3v) is 6.31. The van der Waals surface area contributed by atoms with Gasteiger partial charge in [0.2, 0.25) is 10.0 Å². The van der Waals surface area contributed by atoms with Gasteiger partial charge in [-0.2, -0.15) is 4.31 Å². The van der Waals surface area contributed by atoms with Crippen LogP contribution in [0.5, 0.6) is 0 Å². The lowest BCUT2D eigenvalue weighted by Crippen LogP contribution is -2.36. The molecule has 0 heterocycles. The van der Waals surface area contributed by atoms with E-state index < -0.39 is 16.0 Å². The quantitative estimate of drug-likeness (QED) is 0.610. The molecular weight excluding hydrogens is 314 g/mol. The lowest BCUT2D eigenvalue weighted by Gasteiger charge is -2.26. The van der Waals surface area contributed by atoms with Crippen LogP contribution in [0.4, 0.5) is 0 Å². The highest BCUT2D eigenvalue weighted by Crippen LogP contribution is 2.26. The number of ether oxygens (including phenoxy) is 1. The molecule has 1 aromatic rings. The third-order valence-electron chi connectivity index (χ3n) is 4.38. The summed E-state index contributed by atoms with van der Waals surface area (Å²) in [6, 6.07) is 6.04. The first kappa shape index (κ1) is 17.9. The molecule has 0 radical (unpaired) electrons. The molecule has 1 aromatic carbocycles. The summed E-state index contributed by atoms with van der Waals surface area (Å²) >= 11 is 0. The Hall–Kier alpha value is -1.40. The van der Waals surface area contributed by atoms with Crippen molar-refractivity contribution in [2.75, 3.05) is 13.7 Å². The Bertz CT molecular complexity index is 616. The van der Waals surface area contributed by atoms with Gasteiger partial charge < -0.3 is 4.74 Å². The molecule has 0 spiro atoms. The molecule has 23 heavy (non-hydrogen) atoms. The van der Waals surface area contributed by atoms with Gasteiger partial charge in [-0.25, -0.2) is 13.2 Å². The molecule has 5 nitrogen and oxygen atoms in total. The van der Waals surface area contributed by atoms with Crippen molar-refractivity contribution in [3.63, 3.8) is 0 Å². The number of rotatable bonds is 5. The van der Waals surface area contributed by atoms with Gasteiger partial charge in [-0.05, 0) is 44.0 Å². The van der Waals surface area contributed by atoms with E-state index in [0.717, 1.165) is 25.7 Å². The van der Waals surface area contributed by atoms with E-state index in [1.807, 2.05) is 0 Å². The first-order chi connectivity index (χ1) is 11.0. The fourth-order valence-corrected chi connectivity index (χ4v) is 4.38. The summed E-state index contributed by atoms with van der Waals surface area (Å²) < 4.78 is 31.9. The zero-order valence-electron chi connectivity index (χ0n) is 13.8. The maximum Gasteiger partial charge on any atom is 0.338 e. The number of benzene rings is 1. The van der Waals surface area contributed by atoms with Crippen LogP contribution < -0.4 is 0 Å². The molecule has 1 aliphatic carbocycles. The number of esters is 1. The van der Waals surface area contributed by atoms with Crippen LogP contribution in [-0.4, -0.2) is 38.4 Å². The summed E-state index contributed by atoms with van der Waals surface area (Å²) in [6.45, 7) is 2.03. The van der Waals surface area contributed by atoms with E-state index in [1.165, 1.54) is 41.4 Å². The molecule has 0 bridgehead atoms. The summed E-state index contributed by atoms with van der Waals surface area (Å²) in [5.41, 5.74) is 0.364. The minimum absolute atomic E-state index is 0.0623. The van der Waals surface area contributed by atoms with E-state index in [4.69, 9.17) is 4.74 Å². The van der Waals surface area contributed by atoms with E-state index in [1.54, 1.807) is 14.0 Å². The zero-order chi connectivity index (χ0) is 16.9. The molecule has 128 valence electrons. The van der Waals surface area contributed by atoms with Crippen LogP contribution in [0.15, 0.2) is 29.2 Å². The van der Waals surface area contributed by atoms with Gasteiger partial charge >= 0.3 is 5.97 Å². The molecule has 0 atom stereocenters. The first-order valence-corrected chi connectivity index (χ1v) is 9.66. The van der Waals surface area contributed by atoms with Crippen LogP contribution in [0.1, 0.15) is 55.8 Å². The van der Waals surface area contributed by atoms with Crippen molar-refractivity contribution in [1.29, 1.82) is 0 Å². The van der Waals surface area contributed by atoms with Gasteiger partial charge in [0.1, 0.15) is 0 Å². The number of hydrogen-bond donors (Lipinski definition) is 0. The predicted molar refractivity (Wildman–Crippen MR) is 88.8 cm³/mol. The fourth-order valence-electron chi connectivity index (χ4n) is 2.96. The molecule has 0 aromatic heterocycles. The summed E-state index contributed by atoms with van der Waals surface area (Å²) in [5, 5.41) is 0. The van der Waals surface area contributed by atoms with E-state index >= 15 is 0 Å². The molecule has 0 unspecified atom stereocenters. The molecule has 0 N–H and O–H groups in total. The Kier molecular flexibility index (Phi) is 6.18. The molecule has 2 rings (SSSR count). The Morgan fingerprint density at radius 1 is 1.13 bits per heavy atom. The molecule has 1 saturated carbocycles. The van der Waals surface area contributed by atoms with Crippen LogP contribution in [-0.2, 0) is 14.8 Å². The number of sulfonamides is 1. The van der Waals surface area contributed by atoms with Crippen molar-refractivity contribution in [3.05, 3.63) is 29.8 Å². The van der Waals surface area contributed by atoms with Gasteiger partial charge in [0, 0.05) is 13.1 Å². The number of carbonyl (C=O) groups is 1. The van der Waals surface area contributed by atoms with Crippen molar-refractivity contribution in [3.8, 4) is 0 Å². The van der Waals surface area contributed by atoms with Gasteiger partial charge in [-0.3, -0.25) is 0 Å². The summed E-state index contributed by atoms with van der Waals surface area (Å²) in [4.78, 5) is 11.9. The maximum absolute atomic E-state index is 12.8. The molecule has 1 aliphatic rings. The lowest BCUT2D eigenvalue weighted by molar-refractivity contribution is 0.0526. The largest absolute Gasteiger partial charge is 0.462 e. The molecule has 0 amide bonds. The standard InChI is InChI=1S/C17H25NO4S/c1-3-22-17(19)14-10-12-16(13-11-14)23(20,21)18(2)15-8-6-4-5-7-9-15/h10-13,15H,3-9H2,1-2H3. The Labute approximate surface area is 138 Å². The minimum Gasteiger partial charge on any atom is -0.462 e. The van der Waals surface area contributed by atoms with Gasteiger partial charge in [0.05, 0.1) is 17.1 Å². The van der Waals surface area contributed by atoms with Crippen LogP contribution in [0.25, 0.3) is 0 Å². The van der Waals surface area contributed by atoms with Crippen molar-refractivity contribution >= 4 is 16.0 Å². The van der Waals surface area contributed by atoms with Crippen molar-refractivity contribution in [2.24, 2.45) is 0 Å². The first-order valence-electron chi connectivity index (χ1n) is 8.22. The second-order valence-corrected chi connectivity index (χ2v) is 7.91. The van der Waals surface area contributed by atoms with Gasteiger partial charge in [-0.1, -0.05) is 25.7 Å². The highest BCUT2D eigenvalue weighted by atomic mass is 32.2.